The van der Waals surface area contributed by atoms with E-state index < -0.39 is 11.5 Å². The van der Waals surface area contributed by atoms with E-state index in [0.29, 0.717) is 24.5 Å². The first-order valence-corrected chi connectivity index (χ1v) is 7.26. The second-order valence-electron chi connectivity index (χ2n) is 6.02. The molecule has 0 bridgehead atoms. The van der Waals surface area contributed by atoms with E-state index in [1.165, 1.54) is 7.11 Å². The Labute approximate surface area is 123 Å². The van der Waals surface area contributed by atoms with Crippen LogP contribution in [0, 0.1) is 5.92 Å². The highest BCUT2D eigenvalue weighted by Crippen LogP contribution is 2.45. The molecule has 1 aliphatic heterocycles. The van der Waals surface area contributed by atoms with Crippen LogP contribution in [0.1, 0.15) is 38.3 Å². The lowest BCUT2D eigenvalue weighted by atomic mass is 9.71. The summed E-state index contributed by atoms with van der Waals surface area (Å²) < 4.78 is 6.53. The van der Waals surface area contributed by atoms with Crippen molar-refractivity contribution in [2.75, 3.05) is 7.11 Å². The molecular formula is C16H19NO4. The van der Waals surface area contributed by atoms with Crippen LogP contribution in [-0.2, 0) is 19.9 Å². The standard InChI is InChI=1S/C16H19NO4/c1-10-5-7-16(8-6-10)14(19)12(15(20)21-2)13(18)11-4-3-9-17(11)16/h3-4,9-10,18H,5-8H2,1-2H3. The molecule has 5 nitrogen and oxygen atoms in total. The molecule has 1 saturated carbocycles. The van der Waals surface area contributed by atoms with Gasteiger partial charge in [0.25, 0.3) is 0 Å². The second-order valence-corrected chi connectivity index (χ2v) is 6.02. The average Bonchev–Trinajstić information content (AvgIpc) is 2.97. The Kier molecular flexibility index (Phi) is 3.15. The highest BCUT2D eigenvalue weighted by molar-refractivity contribution is 6.25. The monoisotopic (exact) mass is 289 g/mol. The molecule has 0 amide bonds. The van der Waals surface area contributed by atoms with E-state index in [9.17, 15) is 14.7 Å². The maximum atomic E-state index is 12.9. The first-order valence-electron chi connectivity index (χ1n) is 7.26. The fourth-order valence-electron chi connectivity index (χ4n) is 3.52. The molecule has 0 radical (unpaired) electrons. The van der Waals surface area contributed by atoms with Crippen LogP contribution in [-0.4, -0.2) is 28.5 Å². The Hall–Kier alpha value is -2.04. The number of nitrogens with zero attached hydrogens (tertiary/aromatic N) is 1. The van der Waals surface area contributed by atoms with Gasteiger partial charge in [-0.2, -0.15) is 0 Å². The number of ketones is 1. The Morgan fingerprint density at radius 1 is 1.43 bits per heavy atom. The zero-order chi connectivity index (χ0) is 15.2. The van der Waals surface area contributed by atoms with E-state index in [1.54, 1.807) is 12.1 Å². The van der Waals surface area contributed by atoms with E-state index in [2.05, 4.69) is 6.92 Å². The van der Waals surface area contributed by atoms with Gasteiger partial charge in [-0.1, -0.05) is 6.92 Å². The van der Waals surface area contributed by atoms with Gasteiger partial charge in [-0.3, -0.25) is 4.79 Å². The number of aliphatic hydroxyl groups is 1. The van der Waals surface area contributed by atoms with Gasteiger partial charge in [-0.05, 0) is 43.7 Å². The number of methoxy groups -OCH3 is 1. The molecule has 112 valence electrons. The first-order chi connectivity index (χ1) is 10.0. The van der Waals surface area contributed by atoms with E-state index in [-0.39, 0.29) is 17.1 Å². The predicted octanol–water partition coefficient (Wildman–Crippen LogP) is 2.42. The number of rotatable bonds is 1. The zero-order valence-corrected chi connectivity index (χ0v) is 12.3. The predicted molar refractivity (Wildman–Crippen MR) is 76.6 cm³/mol. The highest BCUT2D eigenvalue weighted by atomic mass is 16.5. The molecular weight excluding hydrogens is 270 g/mol. The van der Waals surface area contributed by atoms with Crippen LogP contribution in [0.3, 0.4) is 0 Å². The van der Waals surface area contributed by atoms with E-state index in [4.69, 9.17) is 4.74 Å². The minimum Gasteiger partial charge on any atom is -0.505 e. The van der Waals surface area contributed by atoms with Crippen molar-refractivity contribution >= 4 is 17.5 Å². The maximum Gasteiger partial charge on any atom is 0.345 e. The summed E-state index contributed by atoms with van der Waals surface area (Å²) in [5, 5.41) is 10.3. The molecule has 1 aromatic rings. The van der Waals surface area contributed by atoms with Crippen LogP contribution >= 0.6 is 0 Å². The molecule has 3 rings (SSSR count). The number of ether oxygens (including phenoxy) is 1. The number of esters is 1. The third-order valence-corrected chi connectivity index (χ3v) is 4.83. The van der Waals surface area contributed by atoms with Gasteiger partial charge in [0.2, 0.25) is 0 Å². The molecule has 0 aromatic carbocycles. The minimum atomic E-state index is -0.761. The summed E-state index contributed by atoms with van der Waals surface area (Å²) in [4.78, 5) is 24.9. The summed E-state index contributed by atoms with van der Waals surface area (Å²) >= 11 is 0. The first kappa shape index (κ1) is 13.9. The normalized spacial score (nSPS) is 28.7. The van der Waals surface area contributed by atoms with Gasteiger partial charge in [0.1, 0.15) is 11.1 Å². The highest BCUT2D eigenvalue weighted by Gasteiger charge is 2.50. The smallest absolute Gasteiger partial charge is 0.345 e. The number of carbonyl (C=O) groups is 2. The number of hydrogen-bond acceptors (Lipinski definition) is 4. The van der Waals surface area contributed by atoms with Crippen LogP contribution < -0.4 is 0 Å². The second kappa shape index (κ2) is 4.76. The molecule has 2 aliphatic rings. The lowest BCUT2D eigenvalue weighted by Gasteiger charge is -2.42. The summed E-state index contributed by atoms with van der Waals surface area (Å²) in [5.74, 6) is -0.782. The van der Waals surface area contributed by atoms with E-state index >= 15 is 0 Å². The Balaban J connectivity index is 2.17. The lowest BCUT2D eigenvalue weighted by molar-refractivity contribution is -0.140. The van der Waals surface area contributed by atoms with Crippen molar-refractivity contribution in [2.24, 2.45) is 5.92 Å². The summed E-state index contributed by atoms with van der Waals surface area (Å²) in [7, 11) is 1.22. The quantitative estimate of drug-likeness (QED) is 0.637. The Bertz CT molecular complexity index is 632. The van der Waals surface area contributed by atoms with Crippen LogP contribution in [0.2, 0.25) is 0 Å². The van der Waals surface area contributed by atoms with Gasteiger partial charge < -0.3 is 14.4 Å². The van der Waals surface area contributed by atoms with Gasteiger partial charge >= 0.3 is 5.97 Å². The number of Topliss-reactive ketones (excluding diaryl/α,β-unsaturated/α-hetero) is 1. The van der Waals surface area contributed by atoms with Gasteiger partial charge in [-0.15, -0.1) is 0 Å². The van der Waals surface area contributed by atoms with Crippen LogP contribution in [0.4, 0.5) is 0 Å². The maximum absolute atomic E-state index is 12.9. The topological polar surface area (TPSA) is 68.5 Å². The summed E-state index contributed by atoms with van der Waals surface area (Å²) in [6.07, 6.45) is 5.04. The number of aromatic nitrogens is 1. The lowest BCUT2D eigenvalue weighted by Crippen LogP contribution is -2.49. The molecule has 1 aromatic heterocycles. The molecule has 1 aliphatic carbocycles. The van der Waals surface area contributed by atoms with Crippen LogP contribution in [0.5, 0.6) is 0 Å². The molecule has 0 atom stereocenters. The summed E-state index contributed by atoms with van der Waals surface area (Å²) in [6, 6.07) is 3.52. The van der Waals surface area contributed by atoms with Gasteiger partial charge in [0.15, 0.2) is 11.5 Å². The van der Waals surface area contributed by atoms with Gasteiger partial charge in [0.05, 0.1) is 12.8 Å². The van der Waals surface area contributed by atoms with Crippen molar-refractivity contribution in [1.29, 1.82) is 0 Å². The van der Waals surface area contributed by atoms with Crippen molar-refractivity contribution in [1.82, 2.24) is 4.57 Å². The minimum absolute atomic E-state index is 0.210. The van der Waals surface area contributed by atoms with Crippen molar-refractivity contribution in [3.05, 3.63) is 29.6 Å². The van der Waals surface area contributed by atoms with E-state index in [1.807, 2.05) is 10.8 Å². The molecule has 5 heteroatoms. The van der Waals surface area contributed by atoms with Gasteiger partial charge in [0, 0.05) is 6.20 Å². The fourth-order valence-corrected chi connectivity index (χ4v) is 3.52. The van der Waals surface area contributed by atoms with Crippen molar-refractivity contribution < 1.29 is 19.4 Å². The molecule has 1 fully saturated rings. The SMILES string of the molecule is COC(=O)C1=C(O)c2cccn2C2(CCC(C)CC2)C1=O. The van der Waals surface area contributed by atoms with Crippen molar-refractivity contribution in [3.8, 4) is 0 Å². The molecule has 0 unspecified atom stereocenters. The molecule has 1 spiro atoms. The summed E-state index contributed by atoms with van der Waals surface area (Å²) in [5.41, 5.74) is -0.441. The largest absolute Gasteiger partial charge is 0.505 e. The molecule has 0 saturated heterocycles. The Morgan fingerprint density at radius 3 is 2.71 bits per heavy atom. The zero-order valence-electron chi connectivity index (χ0n) is 12.3. The third kappa shape index (κ3) is 1.83. The number of fused-ring (bicyclic) bond motifs is 2. The number of hydrogen-bond donors (Lipinski definition) is 1. The molecule has 2 heterocycles. The Morgan fingerprint density at radius 2 is 2.10 bits per heavy atom. The fraction of sp³-hybridized carbons (Fsp3) is 0.500. The number of aliphatic hydroxyl groups excluding tert-OH is 1. The average molecular weight is 289 g/mol. The van der Waals surface area contributed by atoms with Gasteiger partial charge in [-0.25, -0.2) is 4.79 Å². The summed E-state index contributed by atoms with van der Waals surface area (Å²) in [6.45, 7) is 2.17. The van der Waals surface area contributed by atoms with Crippen LogP contribution in [0.15, 0.2) is 23.9 Å². The number of carbonyl (C=O) groups excluding carboxylic acids is 2. The van der Waals surface area contributed by atoms with E-state index in [0.717, 1.165) is 12.8 Å². The van der Waals surface area contributed by atoms with Crippen LogP contribution in [0.25, 0.3) is 5.76 Å². The van der Waals surface area contributed by atoms with Crippen molar-refractivity contribution in [3.63, 3.8) is 0 Å². The molecule has 21 heavy (non-hydrogen) atoms. The van der Waals surface area contributed by atoms with Crippen molar-refractivity contribution in [2.45, 2.75) is 38.1 Å². The molecule has 1 N–H and O–H groups in total. The third-order valence-electron chi connectivity index (χ3n) is 4.83.